The third-order valence-corrected chi connectivity index (χ3v) is 4.05. The van der Waals surface area contributed by atoms with Gasteiger partial charge in [0.05, 0.1) is 25.5 Å². The van der Waals surface area contributed by atoms with Gasteiger partial charge in [0, 0.05) is 16.8 Å². The van der Waals surface area contributed by atoms with E-state index in [2.05, 4.69) is 5.32 Å². The minimum absolute atomic E-state index is 0.295. The summed E-state index contributed by atoms with van der Waals surface area (Å²) >= 11 is 0. The first-order valence-electron chi connectivity index (χ1n) is 8.92. The normalized spacial score (nSPS) is 12.1. The first kappa shape index (κ1) is 19.2. The minimum Gasteiger partial charge on any atom is -0.497 e. The minimum atomic E-state index is -0.378. The largest absolute Gasteiger partial charge is 0.497 e. The van der Waals surface area contributed by atoms with Gasteiger partial charge in [0.15, 0.2) is 0 Å². The highest BCUT2D eigenvalue weighted by molar-refractivity contribution is 6.09. The number of carbonyl (C=O) groups excluding carboxylic acids is 2. The summed E-state index contributed by atoms with van der Waals surface area (Å²) in [6, 6.07) is 11.9. The van der Waals surface area contributed by atoms with Crippen LogP contribution in [0.25, 0.3) is 6.08 Å². The summed E-state index contributed by atoms with van der Waals surface area (Å²) in [6.45, 7) is 2.31. The molecule has 0 bridgehead atoms. The van der Waals surface area contributed by atoms with E-state index >= 15 is 0 Å². The SMILES string of the molecule is CCCOC(=O)c1ccc(NC(=O)C2=Cc3cc(OC)ccc3OC=C2)cc1. The van der Waals surface area contributed by atoms with E-state index in [1.165, 1.54) is 6.26 Å². The lowest BCUT2D eigenvalue weighted by Gasteiger charge is -2.08. The lowest BCUT2D eigenvalue weighted by atomic mass is 10.1. The van der Waals surface area contributed by atoms with Crippen LogP contribution < -0.4 is 14.8 Å². The molecule has 28 heavy (non-hydrogen) atoms. The Balaban J connectivity index is 1.73. The van der Waals surface area contributed by atoms with Crippen molar-refractivity contribution in [2.75, 3.05) is 19.0 Å². The number of esters is 1. The number of hydrogen-bond acceptors (Lipinski definition) is 5. The Bertz CT molecular complexity index is 928. The third kappa shape index (κ3) is 4.59. The Morgan fingerprint density at radius 2 is 1.89 bits per heavy atom. The summed E-state index contributed by atoms with van der Waals surface area (Å²) in [5, 5.41) is 2.81. The van der Waals surface area contributed by atoms with Gasteiger partial charge in [-0.15, -0.1) is 0 Å². The fourth-order valence-electron chi connectivity index (χ4n) is 2.58. The van der Waals surface area contributed by atoms with Gasteiger partial charge < -0.3 is 19.5 Å². The molecular weight excluding hydrogens is 358 g/mol. The molecule has 0 atom stereocenters. The summed E-state index contributed by atoms with van der Waals surface area (Å²) in [5.74, 6) is 0.634. The number of rotatable bonds is 6. The summed E-state index contributed by atoms with van der Waals surface area (Å²) in [7, 11) is 1.58. The van der Waals surface area contributed by atoms with Gasteiger partial charge in [-0.25, -0.2) is 4.79 Å². The van der Waals surface area contributed by atoms with Crippen LogP contribution in [0.15, 0.2) is 60.4 Å². The Morgan fingerprint density at radius 3 is 2.61 bits per heavy atom. The van der Waals surface area contributed by atoms with Crippen LogP contribution in [0.4, 0.5) is 5.69 Å². The smallest absolute Gasteiger partial charge is 0.338 e. The summed E-state index contributed by atoms with van der Waals surface area (Å²) < 4.78 is 15.8. The number of benzene rings is 2. The van der Waals surface area contributed by atoms with Crippen LogP contribution in [-0.4, -0.2) is 25.6 Å². The van der Waals surface area contributed by atoms with Crippen molar-refractivity contribution in [3.63, 3.8) is 0 Å². The van der Waals surface area contributed by atoms with Crippen LogP contribution in [0.1, 0.15) is 29.3 Å². The van der Waals surface area contributed by atoms with Gasteiger partial charge in [-0.1, -0.05) is 6.92 Å². The summed E-state index contributed by atoms with van der Waals surface area (Å²) in [5.41, 5.74) is 2.18. The van der Waals surface area contributed by atoms with E-state index < -0.39 is 0 Å². The molecule has 0 unspecified atom stereocenters. The molecule has 144 valence electrons. The molecule has 0 aromatic heterocycles. The first-order chi connectivity index (χ1) is 13.6. The van der Waals surface area contributed by atoms with Gasteiger partial charge in [0.25, 0.3) is 5.91 Å². The molecule has 1 aliphatic rings. The lowest BCUT2D eigenvalue weighted by molar-refractivity contribution is -0.112. The Hall–Kier alpha value is -3.54. The van der Waals surface area contributed by atoms with Crippen molar-refractivity contribution in [1.29, 1.82) is 0 Å². The molecule has 1 heterocycles. The van der Waals surface area contributed by atoms with E-state index in [-0.39, 0.29) is 11.9 Å². The number of hydrogen-bond donors (Lipinski definition) is 1. The van der Waals surface area contributed by atoms with Gasteiger partial charge >= 0.3 is 5.97 Å². The molecular formula is C22H21NO5. The molecule has 0 fully saturated rings. The summed E-state index contributed by atoms with van der Waals surface area (Å²) in [6.07, 6.45) is 5.56. The number of ether oxygens (including phenoxy) is 3. The molecule has 0 saturated carbocycles. The van der Waals surface area contributed by atoms with E-state index in [0.717, 1.165) is 12.0 Å². The second-order valence-electron chi connectivity index (χ2n) is 6.09. The number of amides is 1. The second kappa shape index (κ2) is 8.90. The average Bonchev–Trinajstić information content (AvgIpc) is 2.94. The van der Waals surface area contributed by atoms with Crippen LogP contribution in [0.2, 0.25) is 0 Å². The Morgan fingerprint density at radius 1 is 1.11 bits per heavy atom. The maximum Gasteiger partial charge on any atom is 0.338 e. The number of carbonyl (C=O) groups is 2. The molecule has 2 aromatic rings. The van der Waals surface area contributed by atoms with Gasteiger partial charge in [-0.05, 0) is 61.0 Å². The standard InChI is InChI=1S/C22H21NO5/c1-3-11-28-22(25)15-4-6-18(7-5-15)23-21(24)16-10-12-27-20-9-8-19(26-2)14-17(20)13-16/h4-10,12-14H,3,11H2,1-2H3,(H,23,24). The van der Waals surface area contributed by atoms with Gasteiger partial charge in [0.1, 0.15) is 11.5 Å². The van der Waals surface area contributed by atoms with Crippen molar-refractivity contribution >= 4 is 23.6 Å². The quantitative estimate of drug-likeness (QED) is 0.762. The molecule has 1 aliphatic heterocycles. The molecule has 0 aliphatic carbocycles. The fourth-order valence-corrected chi connectivity index (χ4v) is 2.58. The van der Waals surface area contributed by atoms with Gasteiger partial charge in [-0.3, -0.25) is 4.79 Å². The average molecular weight is 379 g/mol. The van der Waals surface area contributed by atoms with E-state index in [1.807, 2.05) is 6.92 Å². The molecule has 6 nitrogen and oxygen atoms in total. The molecule has 2 aromatic carbocycles. The molecule has 1 N–H and O–H groups in total. The van der Waals surface area contributed by atoms with Crippen molar-refractivity contribution < 1.29 is 23.8 Å². The maximum absolute atomic E-state index is 12.6. The third-order valence-electron chi connectivity index (χ3n) is 4.05. The number of anilines is 1. The Kier molecular flexibility index (Phi) is 6.11. The molecule has 6 heteroatoms. The lowest BCUT2D eigenvalue weighted by Crippen LogP contribution is -2.13. The monoisotopic (exact) mass is 379 g/mol. The van der Waals surface area contributed by atoms with Gasteiger partial charge in [-0.2, -0.15) is 0 Å². The fraction of sp³-hybridized carbons (Fsp3) is 0.182. The summed E-state index contributed by atoms with van der Waals surface area (Å²) in [4.78, 5) is 24.5. The van der Waals surface area contributed by atoms with Gasteiger partial charge in [0.2, 0.25) is 0 Å². The van der Waals surface area contributed by atoms with Crippen molar-refractivity contribution in [3.8, 4) is 11.5 Å². The van der Waals surface area contributed by atoms with Crippen molar-refractivity contribution in [2.45, 2.75) is 13.3 Å². The van der Waals surface area contributed by atoms with E-state index in [4.69, 9.17) is 14.2 Å². The number of nitrogens with one attached hydrogen (secondary N) is 1. The second-order valence-corrected chi connectivity index (χ2v) is 6.09. The van der Waals surface area contributed by atoms with Crippen molar-refractivity contribution in [3.05, 3.63) is 71.5 Å². The number of fused-ring (bicyclic) bond motifs is 1. The molecule has 3 rings (SSSR count). The zero-order valence-corrected chi connectivity index (χ0v) is 15.7. The first-order valence-corrected chi connectivity index (χ1v) is 8.92. The van der Waals surface area contributed by atoms with Crippen LogP contribution in [0, 0.1) is 0 Å². The van der Waals surface area contributed by atoms with E-state index in [9.17, 15) is 9.59 Å². The molecule has 0 saturated heterocycles. The highest BCUT2D eigenvalue weighted by Gasteiger charge is 2.14. The van der Waals surface area contributed by atoms with Crippen molar-refractivity contribution in [2.24, 2.45) is 0 Å². The van der Waals surface area contributed by atoms with Crippen LogP contribution in [0.3, 0.4) is 0 Å². The zero-order chi connectivity index (χ0) is 19.9. The van der Waals surface area contributed by atoms with Crippen LogP contribution >= 0.6 is 0 Å². The zero-order valence-electron chi connectivity index (χ0n) is 15.7. The topological polar surface area (TPSA) is 73.9 Å². The van der Waals surface area contributed by atoms with E-state index in [0.29, 0.717) is 34.9 Å². The van der Waals surface area contributed by atoms with Crippen LogP contribution in [0.5, 0.6) is 11.5 Å². The highest BCUT2D eigenvalue weighted by Crippen LogP contribution is 2.29. The van der Waals surface area contributed by atoms with E-state index in [1.54, 1.807) is 61.7 Å². The van der Waals surface area contributed by atoms with Crippen molar-refractivity contribution in [1.82, 2.24) is 0 Å². The predicted molar refractivity (Wildman–Crippen MR) is 106 cm³/mol. The molecule has 0 spiro atoms. The number of methoxy groups -OCH3 is 1. The predicted octanol–water partition coefficient (Wildman–Crippen LogP) is 4.19. The Labute approximate surface area is 163 Å². The highest BCUT2D eigenvalue weighted by atomic mass is 16.5. The van der Waals surface area contributed by atoms with Crippen LogP contribution in [-0.2, 0) is 9.53 Å². The molecule has 1 amide bonds. The molecule has 0 radical (unpaired) electrons. The maximum atomic E-state index is 12.6.